The molecule has 1 fully saturated rings. The van der Waals surface area contributed by atoms with Gasteiger partial charge in [-0.1, -0.05) is 6.42 Å². The Labute approximate surface area is 66.6 Å². The Bertz CT molecular complexity index is 91.6. The number of rotatable bonds is 2. The molecule has 0 amide bonds. The second-order valence-corrected chi connectivity index (χ2v) is 4.24. The first-order valence-corrected chi connectivity index (χ1v) is 4.85. The van der Waals surface area contributed by atoms with Crippen LogP contribution in [-0.2, 0) is 0 Å². The van der Waals surface area contributed by atoms with E-state index in [0.29, 0.717) is 5.25 Å². The number of thioether (sulfide) groups is 1. The smallest absolute Gasteiger partial charge is 0.0354 e. The molecule has 0 radical (unpaired) electrons. The van der Waals surface area contributed by atoms with Gasteiger partial charge in [-0.25, -0.2) is 0 Å². The highest BCUT2D eigenvalue weighted by molar-refractivity contribution is 7.99. The molecule has 3 heteroatoms. The Kier molecular flexibility index (Phi) is 3.52. The zero-order chi connectivity index (χ0) is 7.40. The Morgan fingerprint density at radius 3 is 2.90 bits per heavy atom. The molecule has 1 aliphatic heterocycles. The average molecular weight is 161 g/mol. The average Bonchev–Trinajstić information content (AvgIpc) is 1.88. The van der Waals surface area contributed by atoms with Gasteiger partial charge in [0.15, 0.2) is 0 Å². The van der Waals surface area contributed by atoms with E-state index in [4.69, 9.17) is 5.21 Å². The van der Waals surface area contributed by atoms with Crippen LogP contribution in [0.4, 0.5) is 0 Å². The highest BCUT2D eigenvalue weighted by Crippen LogP contribution is 2.24. The third-order valence-electron chi connectivity index (χ3n) is 1.74. The van der Waals surface area contributed by atoms with E-state index in [0.717, 1.165) is 6.54 Å². The molecule has 2 nitrogen and oxygen atoms in total. The van der Waals surface area contributed by atoms with Gasteiger partial charge in [0.1, 0.15) is 0 Å². The van der Waals surface area contributed by atoms with Crippen LogP contribution in [0.1, 0.15) is 19.3 Å². The van der Waals surface area contributed by atoms with Crippen molar-refractivity contribution in [1.82, 2.24) is 5.06 Å². The van der Waals surface area contributed by atoms with Crippen molar-refractivity contribution in [3.63, 3.8) is 0 Å². The molecule has 1 N–H and O–H groups in total. The van der Waals surface area contributed by atoms with Gasteiger partial charge in [0.05, 0.1) is 0 Å². The largest absolute Gasteiger partial charge is 0.314 e. The molecule has 0 aromatic rings. The van der Waals surface area contributed by atoms with E-state index in [1.165, 1.54) is 30.1 Å². The van der Waals surface area contributed by atoms with Crippen LogP contribution >= 0.6 is 11.8 Å². The molecule has 1 heterocycles. The van der Waals surface area contributed by atoms with Crippen molar-refractivity contribution in [2.45, 2.75) is 24.5 Å². The summed E-state index contributed by atoms with van der Waals surface area (Å²) in [7, 11) is 1.72. The van der Waals surface area contributed by atoms with Gasteiger partial charge >= 0.3 is 0 Å². The van der Waals surface area contributed by atoms with Gasteiger partial charge in [0.25, 0.3) is 0 Å². The van der Waals surface area contributed by atoms with E-state index >= 15 is 0 Å². The third kappa shape index (κ3) is 2.90. The van der Waals surface area contributed by atoms with Crippen LogP contribution in [0, 0.1) is 0 Å². The maximum Gasteiger partial charge on any atom is 0.0354 e. The molecule has 1 rings (SSSR count). The van der Waals surface area contributed by atoms with Gasteiger partial charge in [0, 0.05) is 18.8 Å². The van der Waals surface area contributed by atoms with Crippen molar-refractivity contribution in [2.75, 3.05) is 19.3 Å². The lowest BCUT2D eigenvalue weighted by Gasteiger charge is -2.22. The molecule has 0 saturated carbocycles. The van der Waals surface area contributed by atoms with Crippen LogP contribution in [0.2, 0.25) is 0 Å². The highest BCUT2D eigenvalue weighted by atomic mass is 32.2. The molecule has 60 valence electrons. The summed E-state index contributed by atoms with van der Waals surface area (Å²) in [5.74, 6) is 1.28. The van der Waals surface area contributed by atoms with Crippen LogP contribution in [0.5, 0.6) is 0 Å². The Balaban J connectivity index is 2.13. The molecule has 0 aromatic carbocycles. The fourth-order valence-corrected chi connectivity index (χ4v) is 2.60. The zero-order valence-electron chi connectivity index (χ0n) is 6.42. The van der Waals surface area contributed by atoms with E-state index < -0.39 is 0 Å². The summed E-state index contributed by atoms with van der Waals surface area (Å²) in [5.41, 5.74) is 0. The van der Waals surface area contributed by atoms with E-state index in [1.807, 2.05) is 11.8 Å². The number of nitrogens with zero attached hydrogens (tertiary/aromatic N) is 1. The van der Waals surface area contributed by atoms with Crippen molar-refractivity contribution < 1.29 is 5.21 Å². The van der Waals surface area contributed by atoms with Crippen molar-refractivity contribution >= 4 is 11.8 Å². The first kappa shape index (κ1) is 8.37. The summed E-state index contributed by atoms with van der Waals surface area (Å²) in [6.07, 6.45) is 3.97. The Morgan fingerprint density at radius 1 is 1.60 bits per heavy atom. The minimum absolute atomic E-state index is 0.670. The molecule has 0 spiro atoms. The summed E-state index contributed by atoms with van der Waals surface area (Å²) in [6.45, 7) is 0.824. The second kappa shape index (κ2) is 4.21. The second-order valence-electron chi connectivity index (χ2n) is 2.83. The van der Waals surface area contributed by atoms with E-state index in [1.54, 1.807) is 7.05 Å². The summed E-state index contributed by atoms with van der Waals surface area (Å²) in [6, 6.07) is 0. The van der Waals surface area contributed by atoms with Crippen LogP contribution < -0.4 is 0 Å². The zero-order valence-corrected chi connectivity index (χ0v) is 7.23. The number of hydroxylamine groups is 2. The van der Waals surface area contributed by atoms with Crippen LogP contribution in [-0.4, -0.2) is 34.9 Å². The molecular formula is C7H15NOS. The van der Waals surface area contributed by atoms with E-state index in [9.17, 15) is 0 Å². The monoisotopic (exact) mass is 161 g/mol. The van der Waals surface area contributed by atoms with Gasteiger partial charge in [0.2, 0.25) is 0 Å². The fourth-order valence-electron chi connectivity index (χ4n) is 1.25. The quantitative estimate of drug-likeness (QED) is 0.622. The minimum Gasteiger partial charge on any atom is -0.314 e. The van der Waals surface area contributed by atoms with Crippen LogP contribution in [0.15, 0.2) is 0 Å². The normalized spacial score (nSPS) is 27.3. The molecule has 1 aliphatic rings. The lowest BCUT2D eigenvalue weighted by atomic mass is 10.2. The van der Waals surface area contributed by atoms with Gasteiger partial charge in [-0.05, 0) is 18.6 Å². The predicted octanol–water partition coefficient (Wildman–Crippen LogP) is 1.59. The molecule has 1 atom stereocenters. The molecule has 1 unspecified atom stereocenters. The van der Waals surface area contributed by atoms with E-state index in [-0.39, 0.29) is 0 Å². The molecular weight excluding hydrogens is 146 g/mol. The first-order chi connectivity index (χ1) is 4.79. The maximum absolute atomic E-state index is 8.92. The summed E-state index contributed by atoms with van der Waals surface area (Å²) in [5, 5.41) is 10.9. The fraction of sp³-hybridized carbons (Fsp3) is 1.00. The minimum atomic E-state index is 0.670. The molecule has 0 bridgehead atoms. The summed E-state index contributed by atoms with van der Waals surface area (Å²) >= 11 is 1.99. The van der Waals surface area contributed by atoms with Gasteiger partial charge < -0.3 is 5.21 Å². The van der Waals surface area contributed by atoms with Gasteiger partial charge in [-0.2, -0.15) is 16.8 Å². The molecule has 0 aliphatic carbocycles. The van der Waals surface area contributed by atoms with Crippen molar-refractivity contribution in [2.24, 2.45) is 0 Å². The van der Waals surface area contributed by atoms with Crippen LogP contribution in [0.3, 0.4) is 0 Å². The highest BCUT2D eigenvalue weighted by Gasteiger charge is 2.14. The molecule has 10 heavy (non-hydrogen) atoms. The Hall–Kier alpha value is 0.270. The molecule has 1 saturated heterocycles. The lowest BCUT2D eigenvalue weighted by molar-refractivity contribution is -0.0643. The third-order valence-corrected chi connectivity index (χ3v) is 3.12. The van der Waals surface area contributed by atoms with Gasteiger partial charge in [-0.15, -0.1) is 0 Å². The van der Waals surface area contributed by atoms with Crippen molar-refractivity contribution in [3.05, 3.63) is 0 Å². The summed E-state index contributed by atoms with van der Waals surface area (Å²) < 4.78 is 0. The molecule has 0 aromatic heterocycles. The number of hydrogen-bond acceptors (Lipinski definition) is 3. The van der Waals surface area contributed by atoms with Crippen molar-refractivity contribution in [3.8, 4) is 0 Å². The lowest BCUT2D eigenvalue weighted by Crippen LogP contribution is -2.26. The van der Waals surface area contributed by atoms with Crippen LogP contribution in [0.25, 0.3) is 0 Å². The van der Waals surface area contributed by atoms with Crippen molar-refractivity contribution in [1.29, 1.82) is 0 Å². The predicted molar refractivity (Wildman–Crippen MR) is 44.5 cm³/mol. The Morgan fingerprint density at radius 2 is 2.40 bits per heavy atom. The summed E-state index contributed by atoms with van der Waals surface area (Å²) in [4.78, 5) is 0. The SMILES string of the molecule is CN(O)CC1CCCCS1. The standard InChI is InChI=1S/C7H15NOS/c1-8(9)6-7-4-2-3-5-10-7/h7,9H,2-6H2,1H3. The first-order valence-electron chi connectivity index (χ1n) is 3.80. The van der Waals surface area contributed by atoms with E-state index in [2.05, 4.69) is 0 Å². The maximum atomic E-state index is 8.92. The topological polar surface area (TPSA) is 23.5 Å². The van der Waals surface area contributed by atoms with Gasteiger partial charge in [-0.3, -0.25) is 0 Å². The number of hydrogen-bond donors (Lipinski definition) is 1.